The lowest BCUT2D eigenvalue weighted by Gasteiger charge is -2.21. The molecule has 4 nitrogen and oxygen atoms in total. The van der Waals surface area contributed by atoms with Gasteiger partial charge in [0.2, 0.25) is 0 Å². The van der Waals surface area contributed by atoms with Crippen molar-refractivity contribution in [2.75, 3.05) is 13.1 Å². The summed E-state index contributed by atoms with van der Waals surface area (Å²) in [6, 6.07) is 12.5. The molecule has 0 heterocycles. The third-order valence-corrected chi connectivity index (χ3v) is 4.65. The fourth-order valence-corrected chi connectivity index (χ4v) is 3.14. The summed E-state index contributed by atoms with van der Waals surface area (Å²) in [5.41, 5.74) is 5.85. The number of carbonyl (C=O) groups is 1. The van der Waals surface area contributed by atoms with Gasteiger partial charge in [0.25, 0.3) is 0 Å². The number of rotatable bonds is 9. The standard InChI is InChI=1S/C22H29NO3/c1-5-23(11-10-21(24)25)14-19-12-17(3)22(18(4)13-19)26-15-20-9-7-6-8-16(20)2/h6-9,12-13H,5,10-11,14-15H2,1-4H3,(H,24,25). The molecule has 0 saturated carbocycles. The highest BCUT2D eigenvalue weighted by Crippen LogP contribution is 2.27. The van der Waals surface area contributed by atoms with Crippen LogP contribution in [0.15, 0.2) is 36.4 Å². The predicted molar refractivity (Wildman–Crippen MR) is 105 cm³/mol. The molecule has 0 aliphatic carbocycles. The Labute approximate surface area is 156 Å². The molecule has 0 radical (unpaired) electrons. The van der Waals surface area contributed by atoms with Crippen LogP contribution in [0.3, 0.4) is 0 Å². The average molecular weight is 355 g/mol. The maximum Gasteiger partial charge on any atom is 0.304 e. The van der Waals surface area contributed by atoms with E-state index < -0.39 is 5.97 Å². The number of hydrogen-bond acceptors (Lipinski definition) is 3. The van der Waals surface area contributed by atoms with E-state index in [1.54, 1.807) is 0 Å². The van der Waals surface area contributed by atoms with E-state index in [4.69, 9.17) is 9.84 Å². The molecule has 0 unspecified atom stereocenters. The summed E-state index contributed by atoms with van der Waals surface area (Å²) < 4.78 is 6.11. The quantitative estimate of drug-likeness (QED) is 0.720. The summed E-state index contributed by atoms with van der Waals surface area (Å²) in [5.74, 6) is 0.182. The second kappa shape index (κ2) is 9.39. The van der Waals surface area contributed by atoms with Crippen molar-refractivity contribution in [1.82, 2.24) is 4.90 Å². The molecule has 0 bridgehead atoms. The summed E-state index contributed by atoms with van der Waals surface area (Å²) in [4.78, 5) is 12.9. The Balaban J connectivity index is 2.07. The van der Waals surface area contributed by atoms with Crippen LogP contribution in [0, 0.1) is 20.8 Å². The average Bonchev–Trinajstić information content (AvgIpc) is 2.59. The molecule has 1 N–H and O–H groups in total. The second-order valence-corrected chi connectivity index (χ2v) is 6.79. The largest absolute Gasteiger partial charge is 0.488 e. The van der Waals surface area contributed by atoms with Gasteiger partial charge in [0.1, 0.15) is 12.4 Å². The molecule has 2 aromatic carbocycles. The molecule has 0 spiro atoms. The van der Waals surface area contributed by atoms with Crippen molar-refractivity contribution in [2.45, 2.75) is 47.3 Å². The van der Waals surface area contributed by atoms with Crippen LogP contribution in [0.4, 0.5) is 0 Å². The van der Waals surface area contributed by atoms with Gasteiger partial charge in [-0.2, -0.15) is 0 Å². The van der Waals surface area contributed by atoms with Gasteiger partial charge in [-0.25, -0.2) is 0 Å². The Morgan fingerprint density at radius 2 is 1.73 bits per heavy atom. The molecule has 0 aromatic heterocycles. The van der Waals surface area contributed by atoms with Crippen LogP contribution in [0.25, 0.3) is 0 Å². The van der Waals surface area contributed by atoms with Crippen molar-refractivity contribution in [3.63, 3.8) is 0 Å². The molecule has 4 heteroatoms. The van der Waals surface area contributed by atoms with E-state index in [2.05, 4.69) is 56.9 Å². The van der Waals surface area contributed by atoms with Gasteiger partial charge in [-0.15, -0.1) is 0 Å². The summed E-state index contributed by atoms with van der Waals surface area (Å²) in [6.07, 6.45) is 0.170. The molecule has 2 aromatic rings. The number of aliphatic carboxylic acids is 1. The SMILES string of the molecule is CCN(CCC(=O)O)Cc1cc(C)c(OCc2ccccc2C)c(C)c1. The van der Waals surface area contributed by atoms with Gasteiger partial charge >= 0.3 is 5.97 Å². The van der Waals surface area contributed by atoms with Crippen LogP contribution in [-0.4, -0.2) is 29.1 Å². The lowest BCUT2D eigenvalue weighted by molar-refractivity contribution is -0.137. The lowest BCUT2D eigenvalue weighted by Crippen LogP contribution is -2.25. The van der Waals surface area contributed by atoms with Gasteiger partial charge in [0, 0.05) is 13.1 Å². The van der Waals surface area contributed by atoms with Gasteiger partial charge in [-0.1, -0.05) is 43.3 Å². The van der Waals surface area contributed by atoms with E-state index >= 15 is 0 Å². The van der Waals surface area contributed by atoms with E-state index in [0.717, 1.165) is 30.0 Å². The molecule has 2 rings (SSSR count). The van der Waals surface area contributed by atoms with E-state index in [9.17, 15) is 4.79 Å². The molecule has 0 saturated heterocycles. The Morgan fingerprint density at radius 1 is 1.08 bits per heavy atom. The van der Waals surface area contributed by atoms with Crippen LogP contribution in [0.2, 0.25) is 0 Å². The van der Waals surface area contributed by atoms with Gasteiger partial charge in [-0.3, -0.25) is 9.69 Å². The lowest BCUT2D eigenvalue weighted by atomic mass is 10.0. The number of aryl methyl sites for hydroxylation is 3. The first-order chi connectivity index (χ1) is 12.4. The molecule has 0 amide bonds. The zero-order valence-corrected chi connectivity index (χ0v) is 16.2. The number of carboxylic acid groups (broad SMARTS) is 1. The molecular formula is C22H29NO3. The van der Waals surface area contributed by atoms with Crippen molar-refractivity contribution in [1.29, 1.82) is 0 Å². The van der Waals surface area contributed by atoms with E-state index in [1.165, 1.54) is 16.7 Å². The van der Waals surface area contributed by atoms with Crippen LogP contribution in [0.5, 0.6) is 5.75 Å². The van der Waals surface area contributed by atoms with Crippen LogP contribution >= 0.6 is 0 Å². The summed E-state index contributed by atoms with van der Waals surface area (Å²) >= 11 is 0. The number of hydrogen-bond donors (Lipinski definition) is 1. The zero-order chi connectivity index (χ0) is 19.1. The highest BCUT2D eigenvalue weighted by atomic mass is 16.5. The molecule has 0 fully saturated rings. The third-order valence-electron chi connectivity index (χ3n) is 4.65. The second-order valence-electron chi connectivity index (χ2n) is 6.79. The maximum absolute atomic E-state index is 10.8. The highest BCUT2D eigenvalue weighted by Gasteiger charge is 2.11. The zero-order valence-electron chi connectivity index (χ0n) is 16.2. The number of benzene rings is 2. The molecule has 0 aliphatic rings. The van der Waals surface area contributed by atoms with Gasteiger partial charge < -0.3 is 9.84 Å². The van der Waals surface area contributed by atoms with Crippen LogP contribution < -0.4 is 4.74 Å². The van der Waals surface area contributed by atoms with Crippen molar-refractivity contribution in [2.24, 2.45) is 0 Å². The minimum absolute atomic E-state index is 0.170. The molecule has 140 valence electrons. The molecule has 26 heavy (non-hydrogen) atoms. The topological polar surface area (TPSA) is 49.8 Å². The maximum atomic E-state index is 10.8. The van der Waals surface area contributed by atoms with Crippen molar-refractivity contribution in [3.05, 3.63) is 64.2 Å². The monoisotopic (exact) mass is 355 g/mol. The number of ether oxygens (including phenoxy) is 1. The summed E-state index contributed by atoms with van der Waals surface area (Å²) in [7, 11) is 0. The van der Waals surface area contributed by atoms with E-state index in [-0.39, 0.29) is 6.42 Å². The predicted octanol–water partition coefficient (Wildman–Crippen LogP) is 4.49. The fraction of sp³-hybridized carbons (Fsp3) is 0.409. The summed E-state index contributed by atoms with van der Waals surface area (Å²) in [5, 5.41) is 8.88. The van der Waals surface area contributed by atoms with Crippen molar-refractivity contribution >= 4 is 5.97 Å². The summed E-state index contributed by atoms with van der Waals surface area (Å²) in [6.45, 7) is 11.0. The van der Waals surface area contributed by atoms with Crippen LogP contribution in [0.1, 0.15) is 41.2 Å². The van der Waals surface area contributed by atoms with Gasteiger partial charge in [-0.05, 0) is 55.1 Å². The van der Waals surface area contributed by atoms with Gasteiger partial charge in [0.05, 0.1) is 6.42 Å². The van der Waals surface area contributed by atoms with Crippen molar-refractivity contribution in [3.8, 4) is 5.75 Å². The first-order valence-corrected chi connectivity index (χ1v) is 9.12. The normalized spacial score (nSPS) is 11.0. The minimum atomic E-state index is -0.754. The Kier molecular flexibility index (Phi) is 7.22. The van der Waals surface area contributed by atoms with E-state index in [1.807, 2.05) is 12.1 Å². The minimum Gasteiger partial charge on any atom is -0.488 e. The fourth-order valence-electron chi connectivity index (χ4n) is 3.14. The molecule has 0 aliphatic heterocycles. The van der Waals surface area contributed by atoms with Crippen LogP contribution in [-0.2, 0) is 17.9 Å². The molecular weight excluding hydrogens is 326 g/mol. The smallest absolute Gasteiger partial charge is 0.304 e. The van der Waals surface area contributed by atoms with E-state index in [0.29, 0.717) is 13.2 Å². The number of carboxylic acids is 1. The Bertz CT molecular complexity index is 732. The first kappa shape index (κ1) is 20.0. The first-order valence-electron chi connectivity index (χ1n) is 9.12. The Morgan fingerprint density at radius 3 is 2.31 bits per heavy atom. The van der Waals surface area contributed by atoms with Gasteiger partial charge in [0.15, 0.2) is 0 Å². The number of nitrogens with zero attached hydrogens (tertiary/aromatic N) is 1. The molecule has 0 atom stereocenters. The van der Waals surface area contributed by atoms with Crippen molar-refractivity contribution < 1.29 is 14.6 Å². The Hall–Kier alpha value is -2.33. The third kappa shape index (κ3) is 5.60. The highest BCUT2D eigenvalue weighted by molar-refractivity contribution is 5.66.